The van der Waals surface area contributed by atoms with Gasteiger partial charge in [-0.25, -0.2) is 14.1 Å². The zero-order valence-electron chi connectivity index (χ0n) is 19.4. The molecule has 0 aliphatic carbocycles. The highest BCUT2D eigenvalue weighted by Gasteiger charge is 2.27. The van der Waals surface area contributed by atoms with Crippen LogP contribution in [-0.2, 0) is 31.7 Å². The van der Waals surface area contributed by atoms with Gasteiger partial charge < -0.3 is 20.1 Å². The van der Waals surface area contributed by atoms with Crippen LogP contribution in [0.5, 0.6) is 0 Å². The summed E-state index contributed by atoms with van der Waals surface area (Å²) in [6, 6.07) is 5.32. The van der Waals surface area contributed by atoms with Gasteiger partial charge in [0, 0.05) is 38.4 Å². The Morgan fingerprint density at radius 2 is 2.03 bits per heavy atom. The number of hydrogen-bond acceptors (Lipinski definition) is 6. The molecule has 1 aliphatic rings. The fourth-order valence-electron chi connectivity index (χ4n) is 3.80. The van der Waals surface area contributed by atoms with Crippen molar-refractivity contribution in [2.75, 3.05) is 24.6 Å². The lowest BCUT2D eigenvalue weighted by Gasteiger charge is -2.26. The molecule has 2 aromatic rings. The average molecular weight is 479 g/mol. The normalized spacial score (nSPS) is 16.5. The second kappa shape index (κ2) is 9.52. The summed E-state index contributed by atoms with van der Waals surface area (Å²) >= 11 is 0. The van der Waals surface area contributed by atoms with Gasteiger partial charge in [0.25, 0.3) is 0 Å². The monoisotopic (exact) mass is 478 g/mol. The number of rotatable bonds is 7. The second-order valence-corrected chi connectivity index (χ2v) is 10.9. The number of aliphatic carboxylic acids is 1. The lowest BCUT2D eigenvalue weighted by atomic mass is 9.94. The van der Waals surface area contributed by atoms with Gasteiger partial charge in [0.15, 0.2) is 6.21 Å². The summed E-state index contributed by atoms with van der Waals surface area (Å²) in [6.07, 6.45) is 3.66. The predicted octanol–water partition coefficient (Wildman–Crippen LogP) is 0.520. The first-order chi connectivity index (χ1) is 15.4. The quantitative estimate of drug-likeness (QED) is 0.389. The van der Waals surface area contributed by atoms with Crippen LogP contribution < -0.4 is 14.4 Å². The van der Waals surface area contributed by atoms with Crippen molar-refractivity contribution in [3.63, 3.8) is 0 Å². The first kappa shape index (κ1) is 24.7. The number of anilines is 1. The summed E-state index contributed by atoms with van der Waals surface area (Å²) in [4.78, 5) is 15.9. The van der Waals surface area contributed by atoms with Crippen LogP contribution in [0.15, 0.2) is 30.0 Å². The van der Waals surface area contributed by atoms with E-state index in [2.05, 4.69) is 29.7 Å². The number of ether oxygens (including phenoxy) is 1. The van der Waals surface area contributed by atoms with Crippen molar-refractivity contribution in [2.24, 2.45) is 11.7 Å². The Bertz CT molecular complexity index is 1190. The van der Waals surface area contributed by atoms with E-state index >= 15 is 0 Å². The minimum Gasteiger partial charge on any atom is -0.477 e. The Kier molecular flexibility index (Phi) is 7.13. The van der Waals surface area contributed by atoms with E-state index < -0.39 is 16.2 Å². The number of carbonyl (C=O) groups is 1. The number of nitrogens with zero attached hydrogens (tertiary/aromatic N) is 3. The molecule has 4 N–H and O–H groups in total. The van der Waals surface area contributed by atoms with Crippen molar-refractivity contribution in [2.45, 2.75) is 45.6 Å². The maximum Gasteiger partial charge on any atom is 0.465 e. The van der Waals surface area contributed by atoms with Crippen molar-refractivity contribution in [3.05, 3.63) is 35.8 Å². The van der Waals surface area contributed by atoms with Crippen LogP contribution in [0.4, 0.5) is 5.69 Å². The van der Waals surface area contributed by atoms with Crippen LogP contribution in [0.2, 0.25) is 0 Å². The molecule has 10 nitrogen and oxygen atoms in total. The Labute approximate surface area is 193 Å². The molecule has 11 heteroatoms. The number of benzene rings is 1. The van der Waals surface area contributed by atoms with Crippen molar-refractivity contribution in [1.29, 1.82) is 0 Å². The summed E-state index contributed by atoms with van der Waals surface area (Å²) in [5, 5.41) is 9.01. The Morgan fingerprint density at radius 1 is 1.36 bits per heavy atom. The van der Waals surface area contributed by atoms with Gasteiger partial charge in [-0.15, -0.1) is 12.8 Å². The number of nitrogens with one attached hydrogen (secondary N) is 1. The first-order valence-electron chi connectivity index (χ1n) is 10.8. The van der Waals surface area contributed by atoms with E-state index in [1.165, 1.54) is 7.05 Å². The molecule has 0 radical (unpaired) electrons. The molecule has 0 spiro atoms. The molecule has 1 saturated heterocycles. The van der Waals surface area contributed by atoms with Gasteiger partial charge in [-0.05, 0) is 37.0 Å². The molecule has 2 heterocycles. The number of nitrogens with two attached hydrogens (primary N) is 1. The molecule has 1 aromatic carbocycles. The maximum atomic E-state index is 12.7. The minimum atomic E-state index is -4.06. The van der Waals surface area contributed by atoms with E-state index in [1.807, 2.05) is 6.07 Å². The van der Waals surface area contributed by atoms with Crippen LogP contribution in [0.25, 0.3) is 11.0 Å². The molecule has 33 heavy (non-hydrogen) atoms. The number of hydrogen-bond donors (Lipinski definition) is 3. The number of carboxylic acids is 1. The summed E-state index contributed by atoms with van der Waals surface area (Å²) < 4.78 is 36.3. The lowest BCUT2D eigenvalue weighted by molar-refractivity contribution is -0.260. The Balaban J connectivity index is 1.97. The van der Waals surface area contributed by atoms with Crippen LogP contribution in [-0.4, -0.2) is 55.5 Å². The number of fused-ring (bicyclic) bond motifs is 1. The highest BCUT2D eigenvalue weighted by atomic mass is 32.2. The summed E-state index contributed by atoms with van der Waals surface area (Å²) in [7, 11) is -2.67. The number of imidazole rings is 1. The van der Waals surface area contributed by atoms with Gasteiger partial charge in [0.1, 0.15) is 11.4 Å². The van der Waals surface area contributed by atoms with Crippen LogP contribution >= 0.6 is 0 Å². The van der Waals surface area contributed by atoms with Gasteiger partial charge in [0.05, 0.1) is 16.7 Å². The van der Waals surface area contributed by atoms with E-state index in [0.29, 0.717) is 17.1 Å². The molecular formula is C22H32N5O5S+. The topological polar surface area (TPSA) is 142 Å². The fraction of sp³-hybridized carbons (Fsp3) is 0.500. The molecule has 1 fully saturated rings. The lowest BCUT2D eigenvalue weighted by Crippen LogP contribution is -2.77. The molecule has 0 bridgehead atoms. The van der Waals surface area contributed by atoms with E-state index in [0.717, 1.165) is 60.7 Å². The minimum absolute atomic E-state index is 0.194. The third-order valence-electron chi connectivity index (χ3n) is 5.70. The SMILES string of the molecule is CN(c1ccc2c(c1)nc(C(C)(C)C)n2CC1CCOCC1)S(=O)(=O)[NH+]=CC(=CN)C(=O)O. The molecule has 0 amide bonds. The van der Waals surface area contributed by atoms with Gasteiger partial charge in [-0.2, -0.15) is 0 Å². The zero-order valence-corrected chi connectivity index (χ0v) is 20.2. The third-order valence-corrected chi connectivity index (χ3v) is 7.05. The Morgan fingerprint density at radius 3 is 2.61 bits per heavy atom. The standard InChI is InChI=1S/C22H31N5O5S/c1-22(2,3)21-25-18-11-17(26(4)33(30,31)24-13-16(12-23)20(28)29)5-6-19(18)27(21)14-15-7-9-32-10-8-15/h5-6,11-13,15H,7-10,14,23H2,1-4H3,(H,28,29)/p+1. The highest BCUT2D eigenvalue weighted by Crippen LogP contribution is 2.31. The third kappa shape index (κ3) is 5.53. The van der Waals surface area contributed by atoms with Gasteiger partial charge in [-0.3, -0.25) is 0 Å². The fourth-order valence-corrected chi connectivity index (χ4v) is 4.62. The molecule has 1 aromatic heterocycles. The molecule has 180 valence electrons. The molecule has 3 rings (SSSR count). The molecule has 0 atom stereocenters. The van der Waals surface area contributed by atoms with Crippen LogP contribution in [0, 0.1) is 5.92 Å². The Hall–Kier alpha value is -2.92. The molecule has 0 saturated carbocycles. The van der Waals surface area contributed by atoms with E-state index in [9.17, 15) is 13.2 Å². The second-order valence-electron chi connectivity index (χ2n) is 9.19. The molecule has 1 aliphatic heterocycles. The summed E-state index contributed by atoms with van der Waals surface area (Å²) in [5.41, 5.74) is 6.70. The van der Waals surface area contributed by atoms with E-state index in [1.54, 1.807) is 12.1 Å². The largest absolute Gasteiger partial charge is 0.477 e. The van der Waals surface area contributed by atoms with Crippen molar-refractivity contribution >= 4 is 39.1 Å². The van der Waals surface area contributed by atoms with E-state index in [-0.39, 0.29) is 11.0 Å². The van der Waals surface area contributed by atoms with Crippen LogP contribution in [0.3, 0.4) is 0 Å². The van der Waals surface area contributed by atoms with Gasteiger partial charge in [-0.1, -0.05) is 20.8 Å². The first-order valence-corrected chi connectivity index (χ1v) is 12.2. The number of carboxylic acid groups (broad SMARTS) is 1. The maximum absolute atomic E-state index is 12.7. The van der Waals surface area contributed by atoms with Crippen molar-refractivity contribution < 1.29 is 27.5 Å². The summed E-state index contributed by atoms with van der Waals surface area (Å²) in [5.74, 6) is 0.102. The number of aromatic nitrogens is 2. The average Bonchev–Trinajstić information content (AvgIpc) is 3.12. The molecular weight excluding hydrogens is 446 g/mol. The summed E-state index contributed by atoms with van der Waals surface area (Å²) in [6.45, 7) is 8.69. The molecule has 0 unspecified atom stereocenters. The highest BCUT2D eigenvalue weighted by molar-refractivity contribution is 7.86. The van der Waals surface area contributed by atoms with Crippen molar-refractivity contribution in [1.82, 2.24) is 9.55 Å². The van der Waals surface area contributed by atoms with Crippen LogP contribution in [0.1, 0.15) is 39.4 Å². The smallest absolute Gasteiger partial charge is 0.465 e. The zero-order chi connectivity index (χ0) is 24.4. The van der Waals surface area contributed by atoms with Crippen molar-refractivity contribution in [3.8, 4) is 0 Å². The predicted molar refractivity (Wildman–Crippen MR) is 126 cm³/mol. The van der Waals surface area contributed by atoms with Gasteiger partial charge >= 0.3 is 16.2 Å². The van der Waals surface area contributed by atoms with Gasteiger partial charge in [0.2, 0.25) is 0 Å². The van der Waals surface area contributed by atoms with E-state index in [4.69, 9.17) is 20.6 Å².